The number of rotatable bonds is 6. The summed E-state index contributed by atoms with van der Waals surface area (Å²) in [5, 5.41) is 2.76. The Balaban J connectivity index is 2.87. The lowest BCUT2D eigenvalue weighted by Gasteiger charge is -2.17. The van der Waals surface area contributed by atoms with Gasteiger partial charge in [0, 0.05) is 6.54 Å². The second kappa shape index (κ2) is 7.65. The number of para-hydroxylation sites is 1. The Kier molecular flexibility index (Phi) is 6.18. The molecule has 110 valence electrons. The first-order valence-corrected chi connectivity index (χ1v) is 6.67. The third kappa shape index (κ3) is 4.35. The van der Waals surface area contributed by atoms with Crippen LogP contribution in [0.1, 0.15) is 30.6 Å². The predicted molar refractivity (Wildman–Crippen MR) is 78.4 cm³/mol. The van der Waals surface area contributed by atoms with Gasteiger partial charge in [0.2, 0.25) is 5.91 Å². The summed E-state index contributed by atoms with van der Waals surface area (Å²) in [5.74, 6) is -0.530. The van der Waals surface area contributed by atoms with E-state index in [1.54, 1.807) is 24.3 Å². The molecule has 0 saturated carbocycles. The minimum absolute atomic E-state index is 0.169. The largest absolute Gasteiger partial charge is 0.465 e. The zero-order chi connectivity index (χ0) is 15.1. The van der Waals surface area contributed by atoms with Crippen LogP contribution < -0.4 is 11.1 Å². The highest BCUT2D eigenvalue weighted by molar-refractivity contribution is 6.01. The molecule has 0 heterocycles. The molecule has 1 rings (SSSR count). The molecular formula is C15H22N2O3. The molecule has 5 heteroatoms. The van der Waals surface area contributed by atoms with E-state index in [4.69, 9.17) is 10.5 Å². The van der Waals surface area contributed by atoms with Gasteiger partial charge in [-0.25, -0.2) is 4.79 Å². The third-order valence-electron chi connectivity index (χ3n) is 3.00. The molecule has 0 spiro atoms. The third-order valence-corrected chi connectivity index (χ3v) is 3.00. The SMILES string of the molecule is COC(=O)c1ccccc1NC(=O)C(CN)CC(C)C. The number of benzene rings is 1. The maximum absolute atomic E-state index is 12.2. The molecule has 0 fully saturated rings. The van der Waals surface area contributed by atoms with Crippen LogP contribution in [0, 0.1) is 11.8 Å². The van der Waals surface area contributed by atoms with Crippen molar-refractivity contribution in [2.24, 2.45) is 17.6 Å². The molecular weight excluding hydrogens is 256 g/mol. The number of hydrogen-bond donors (Lipinski definition) is 2. The Labute approximate surface area is 119 Å². The summed E-state index contributed by atoms with van der Waals surface area (Å²) in [6.45, 7) is 4.36. The van der Waals surface area contributed by atoms with E-state index in [0.717, 1.165) is 0 Å². The molecule has 0 aromatic heterocycles. The van der Waals surface area contributed by atoms with Crippen LogP contribution in [0.15, 0.2) is 24.3 Å². The molecule has 0 aliphatic rings. The van der Waals surface area contributed by atoms with E-state index in [2.05, 4.69) is 5.32 Å². The summed E-state index contributed by atoms with van der Waals surface area (Å²) in [4.78, 5) is 23.8. The van der Waals surface area contributed by atoms with Crippen molar-refractivity contribution in [2.45, 2.75) is 20.3 Å². The maximum atomic E-state index is 12.2. The molecule has 1 unspecified atom stereocenters. The molecule has 1 atom stereocenters. The monoisotopic (exact) mass is 278 g/mol. The average molecular weight is 278 g/mol. The zero-order valence-corrected chi connectivity index (χ0v) is 12.2. The minimum atomic E-state index is -0.478. The van der Waals surface area contributed by atoms with Crippen LogP contribution in [-0.2, 0) is 9.53 Å². The van der Waals surface area contributed by atoms with E-state index in [0.29, 0.717) is 23.6 Å². The van der Waals surface area contributed by atoms with Gasteiger partial charge in [-0.15, -0.1) is 0 Å². The van der Waals surface area contributed by atoms with Gasteiger partial charge in [0.05, 0.1) is 24.3 Å². The molecule has 3 N–H and O–H groups in total. The lowest BCUT2D eigenvalue weighted by Crippen LogP contribution is -2.31. The van der Waals surface area contributed by atoms with Crippen molar-refractivity contribution < 1.29 is 14.3 Å². The van der Waals surface area contributed by atoms with Crippen LogP contribution in [0.3, 0.4) is 0 Å². The Morgan fingerprint density at radius 3 is 2.50 bits per heavy atom. The predicted octanol–water partition coefficient (Wildman–Crippen LogP) is 2.03. The van der Waals surface area contributed by atoms with Crippen molar-refractivity contribution in [3.63, 3.8) is 0 Å². The number of anilines is 1. The summed E-state index contributed by atoms with van der Waals surface area (Å²) in [6, 6.07) is 6.76. The van der Waals surface area contributed by atoms with E-state index in [9.17, 15) is 9.59 Å². The van der Waals surface area contributed by atoms with E-state index in [1.165, 1.54) is 7.11 Å². The molecule has 0 radical (unpaired) electrons. The summed E-state index contributed by atoms with van der Waals surface area (Å²) in [7, 11) is 1.31. The summed E-state index contributed by atoms with van der Waals surface area (Å²) >= 11 is 0. The molecule has 1 aromatic rings. The number of methoxy groups -OCH3 is 1. The van der Waals surface area contributed by atoms with E-state index < -0.39 is 5.97 Å². The Morgan fingerprint density at radius 1 is 1.30 bits per heavy atom. The van der Waals surface area contributed by atoms with Gasteiger partial charge < -0.3 is 15.8 Å². The number of nitrogens with one attached hydrogen (secondary N) is 1. The highest BCUT2D eigenvalue weighted by Gasteiger charge is 2.20. The van der Waals surface area contributed by atoms with Gasteiger partial charge in [-0.2, -0.15) is 0 Å². The van der Waals surface area contributed by atoms with Gasteiger partial charge in [0.15, 0.2) is 0 Å². The lowest BCUT2D eigenvalue weighted by atomic mass is 9.96. The fourth-order valence-corrected chi connectivity index (χ4v) is 1.99. The zero-order valence-electron chi connectivity index (χ0n) is 12.2. The molecule has 0 aliphatic heterocycles. The van der Waals surface area contributed by atoms with Crippen molar-refractivity contribution in [1.29, 1.82) is 0 Å². The second-order valence-electron chi connectivity index (χ2n) is 5.09. The van der Waals surface area contributed by atoms with Crippen molar-refractivity contribution in [3.8, 4) is 0 Å². The van der Waals surface area contributed by atoms with Gasteiger partial charge in [0.1, 0.15) is 0 Å². The first kappa shape index (κ1) is 16.2. The number of hydrogen-bond acceptors (Lipinski definition) is 4. The topological polar surface area (TPSA) is 81.4 Å². The molecule has 1 amide bonds. The number of ether oxygens (including phenoxy) is 1. The molecule has 0 saturated heterocycles. The number of amides is 1. The normalized spacial score (nSPS) is 12.1. The molecule has 5 nitrogen and oxygen atoms in total. The van der Waals surface area contributed by atoms with E-state index in [1.807, 2.05) is 13.8 Å². The fraction of sp³-hybridized carbons (Fsp3) is 0.467. The second-order valence-corrected chi connectivity index (χ2v) is 5.09. The lowest BCUT2D eigenvalue weighted by molar-refractivity contribution is -0.120. The van der Waals surface area contributed by atoms with Crippen LogP contribution in [0.4, 0.5) is 5.69 Å². The van der Waals surface area contributed by atoms with Gasteiger partial charge in [0.25, 0.3) is 0 Å². The van der Waals surface area contributed by atoms with Crippen molar-refractivity contribution in [2.75, 3.05) is 19.0 Å². The fourth-order valence-electron chi connectivity index (χ4n) is 1.99. The van der Waals surface area contributed by atoms with Crippen LogP contribution in [0.2, 0.25) is 0 Å². The van der Waals surface area contributed by atoms with E-state index >= 15 is 0 Å². The molecule has 0 bridgehead atoms. The van der Waals surface area contributed by atoms with Crippen LogP contribution in [-0.4, -0.2) is 25.5 Å². The van der Waals surface area contributed by atoms with Gasteiger partial charge in [-0.1, -0.05) is 26.0 Å². The smallest absolute Gasteiger partial charge is 0.339 e. The quantitative estimate of drug-likeness (QED) is 0.780. The summed E-state index contributed by atoms with van der Waals surface area (Å²) in [5.41, 5.74) is 6.43. The van der Waals surface area contributed by atoms with Crippen molar-refractivity contribution in [3.05, 3.63) is 29.8 Å². The summed E-state index contributed by atoms with van der Waals surface area (Å²) < 4.78 is 4.69. The molecule has 0 aliphatic carbocycles. The minimum Gasteiger partial charge on any atom is -0.465 e. The Morgan fingerprint density at radius 2 is 1.95 bits per heavy atom. The standard InChI is InChI=1S/C15H22N2O3/c1-10(2)8-11(9-16)14(18)17-13-7-5-4-6-12(13)15(19)20-3/h4-7,10-11H,8-9,16H2,1-3H3,(H,17,18). The van der Waals surface area contributed by atoms with Crippen LogP contribution >= 0.6 is 0 Å². The van der Waals surface area contributed by atoms with Crippen LogP contribution in [0.25, 0.3) is 0 Å². The first-order chi connectivity index (χ1) is 9.49. The average Bonchev–Trinajstić information content (AvgIpc) is 2.44. The molecule has 20 heavy (non-hydrogen) atoms. The van der Waals surface area contributed by atoms with Crippen LogP contribution in [0.5, 0.6) is 0 Å². The van der Waals surface area contributed by atoms with Crippen molar-refractivity contribution in [1.82, 2.24) is 0 Å². The number of carbonyl (C=O) groups is 2. The Hall–Kier alpha value is -1.88. The maximum Gasteiger partial charge on any atom is 0.339 e. The highest BCUT2D eigenvalue weighted by atomic mass is 16.5. The number of carbonyl (C=O) groups excluding carboxylic acids is 2. The number of esters is 1. The van der Waals surface area contributed by atoms with E-state index in [-0.39, 0.29) is 18.4 Å². The number of nitrogens with two attached hydrogens (primary N) is 1. The highest BCUT2D eigenvalue weighted by Crippen LogP contribution is 2.19. The van der Waals surface area contributed by atoms with Gasteiger partial charge in [-0.05, 0) is 24.5 Å². The summed E-state index contributed by atoms with van der Waals surface area (Å²) in [6.07, 6.45) is 0.711. The first-order valence-electron chi connectivity index (χ1n) is 6.67. The van der Waals surface area contributed by atoms with Gasteiger partial charge >= 0.3 is 5.97 Å². The van der Waals surface area contributed by atoms with Gasteiger partial charge in [-0.3, -0.25) is 4.79 Å². The molecule has 1 aromatic carbocycles. The Bertz CT molecular complexity index is 472. The van der Waals surface area contributed by atoms with Crippen molar-refractivity contribution >= 4 is 17.6 Å².